The smallest absolute Gasteiger partial charge is 0.404 e. The summed E-state index contributed by atoms with van der Waals surface area (Å²) in [4.78, 5) is 63.7. The van der Waals surface area contributed by atoms with E-state index >= 15 is 0 Å². The number of H-pyrrole nitrogens is 1. The molecule has 0 bridgehead atoms. The predicted molar refractivity (Wildman–Crippen MR) is 211 cm³/mol. The fourth-order valence-electron chi connectivity index (χ4n) is 7.93. The van der Waals surface area contributed by atoms with Crippen LogP contribution in [-0.4, -0.2) is 156 Å². The molecule has 3 aliphatic heterocycles. The molecule has 4 rings (SSSR count). The lowest BCUT2D eigenvalue weighted by atomic mass is 9.90. The van der Waals surface area contributed by atoms with Crippen molar-refractivity contribution in [3.63, 3.8) is 0 Å². The topological polar surface area (TPSA) is 344 Å². The van der Waals surface area contributed by atoms with Crippen LogP contribution in [-0.2, 0) is 33.3 Å². The Morgan fingerprint density at radius 2 is 1.34 bits per heavy atom. The van der Waals surface area contributed by atoms with Gasteiger partial charge >= 0.3 is 11.8 Å². The predicted octanol–water partition coefficient (Wildman–Crippen LogP) is -2.15. The van der Waals surface area contributed by atoms with E-state index in [1.54, 1.807) is 0 Å². The van der Waals surface area contributed by atoms with Crippen LogP contribution >= 0.6 is 0 Å². The number of ether oxygens (including phenoxy) is 5. The van der Waals surface area contributed by atoms with Gasteiger partial charge in [-0.05, 0) is 12.3 Å². The van der Waals surface area contributed by atoms with Gasteiger partial charge in [0, 0.05) is 32.0 Å². The lowest BCUT2D eigenvalue weighted by Crippen LogP contribution is -2.69. The zero-order chi connectivity index (χ0) is 45.0. The third-order valence-corrected chi connectivity index (χ3v) is 11.2. The summed E-state index contributed by atoms with van der Waals surface area (Å²) < 4.78 is 29.6. The van der Waals surface area contributed by atoms with Crippen molar-refractivity contribution in [2.45, 2.75) is 190 Å². The molecule has 22 heteroatoms. The van der Waals surface area contributed by atoms with Crippen LogP contribution in [0.5, 0.6) is 0 Å². The minimum atomic E-state index is -1.89. The van der Waals surface area contributed by atoms with Gasteiger partial charge in [-0.3, -0.25) is 23.9 Å². The van der Waals surface area contributed by atoms with Gasteiger partial charge < -0.3 is 75.8 Å². The SMILES string of the molecule is CC(=O)N[C@H]1[C@@H](O[C@H]2O[C@@H](C[C@@H](OC(N)=O)[C@H]3O[C@@H](n4ccc(=O)[nH]c4=O)[C@H](O)[C@@H]3O)[C@@H](O)[C@@H](O)[C@@H]2NC(=O)CCCCCCCCCCCC(C)C)O[C@H](CO)[C@@H](O)[C@@H]1O. The number of carbonyl (C=O) groups excluding carboxylic acids is 3. The summed E-state index contributed by atoms with van der Waals surface area (Å²) in [6, 6.07) is -2.07. The number of nitrogens with zero attached hydrogens (tertiary/aromatic N) is 1. The third kappa shape index (κ3) is 14.0. The van der Waals surface area contributed by atoms with Crippen LogP contribution in [0.3, 0.4) is 0 Å². The van der Waals surface area contributed by atoms with E-state index < -0.39 is 134 Å². The van der Waals surface area contributed by atoms with Gasteiger partial charge in [-0.2, -0.15) is 0 Å². The van der Waals surface area contributed by atoms with Crippen molar-refractivity contribution >= 4 is 17.9 Å². The number of unbranched alkanes of at least 4 members (excludes halogenated alkanes) is 8. The first-order valence-electron chi connectivity index (χ1n) is 21.1. The van der Waals surface area contributed by atoms with Crippen molar-refractivity contribution in [2.75, 3.05) is 6.61 Å². The van der Waals surface area contributed by atoms with Crippen molar-refractivity contribution in [1.82, 2.24) is 20.2 Å². The largest absolute Gasteiger partial charge is 0.443 e. The molecule has 0 aliphatic carbocycles. The first-order chi connectivity index (χ1) is 28.9. The number of nitrogens with one attached hydrogen (secondary N) is 3. The Morgan fingerprint density at radius 1 is 0.787 bits per heavy atom. The van der Waals surface area contributed by atoms with E-state index in [0.29, 0.717) is 12.3 Å². The Labute approximate surface area is 352 Å². The van der Waals surface area contributed by atoms with Crippen molar-refractivity contribution in [3.8, 4) is 0 Å². The van der Waals surface area contributed by atoms with Crippen LogP contribution in [0.2, 0.25) is 0 Å². The number of hydrogen-bond donors (Lipinski definition) is 11. The molecule has 3 aliphatic rings. The van der Waals surface area contributed by atoms with Crippen molar-refractivity contribution in [3.05, 3.63) is 33.1 Å². The number of amides is 3. The first-order valence-corrected chi connectivity index (χ1v) is 21.1. The summed E-state index contributed by atoms with van der Waals surface area (Å²) in [5.74, 6) is -0.512. The van der Waals surface area contributed by atoms with Gasteiger partial charge in [0.15, 0.2) is 18.8 Å². The zero-order valence-electron chi connectivity index (χ0n) is 34.8. The molecular weight excluding hydrogens is 810 g/mol. The Balaban J connectivity index is 1.50. The van der Waals surface area contributed by atoms with Gasteiger partial charge in [-0.15, -0.1) is 0 Å². The minimum absolute atomic E-state index is 0.0317. The third-order valence-electron chi connectivity index (χ3n) is 11.2. The molecule has 22 nitrogen and oxygen atoms in total. The minimum Gasteiger partial charge on any atom is -0.443 e. The highest BCUT2D eigenvalue weighted by Gasteiger charge is 2.54. The van der Waals surface area contributed by atoms with E-state index in [0.717, 1.165) is 55.9 Å². The molecule has 3 amide bonds. The monoisotopic (exact) mass is 875 g/mol. The van der Waals surface area contributed by atoms with E-state index in [-0.39, 0.29) is 6.42 Å². The Morgan fingerprint density at radius 3 is 1.90 bits per heavy atom. The lowest BCUT2D eigenvalue weighted by molar-refractivity contribution is -0.346. The van der Waals surface area contributed by atoms with E-state index in [1.807, 2.05) is 4.98 Å². The number of primary amides is 1. The number of aliphatic hydroxyl groups is 7. The van der Waals surface area contributed by atoms with Crippen molar-refractivity contribution in [2.24, 2.45) is 11.7 Å². The quantitative estimate of drug-likeness (QED) is 0.0553. The van der Waals surface area contributed by atoms with Crippen molar-refractivity contribution in [1.29, 1.82) is 0 Å². The molecule has 0 unspecified atom stereocenters. The van der Waals surface area contributed by atoms with E-state index in [4.69, 9.17) is 29.4 Å². The Bertz CT molecular complexity index is 1660. The molecule has 1 aromatic rings. The van der Waals surface area contributed by atoms with E-state index in [9.17, 15) is 59.7 Å². The van der Waals surface area contributed by atoms with Gasteiger partial charge in [0.25, 0.3) is 5.56 Å². The summed E-state index contributed by atoms with van der Waals surface area (Å²) in [5, 5.41) is 81.2. The summed E-state index contributed by atoms with van der Waals surface area (Å²) in [6.07, 6.45) is -13.0. The van der Waals surface area contributed by atoms with Gasteiger partial charge in [0.05, 0.1) is 12.7 Å². The molecule has 348 valence electrons. The molecule has 0 spiro atoms. The molecule has 0 radical (unpaired) electrons. The molecule has 3 fully saturated rings. The molecule has 15 atom stereocenters. The summed E-state index contributed by atoms with van der Waals surface area (Å²) in [5.41, 5.74) is 3.58. The standard InChI is InChI=1S/C39H65N5O17/c1-19(2)13-11-9-7-5-4-6-8-10-12-14-24(47)42-27-31(52)28(49)21(57-37(27)61-36-26(41-20(3)46)30(51)29(50)23(18-45)58-36)17-22(59-38(40)55)34-32(53)33(54)35(60-34)44-16-15-25(48)43-39(44)56/h15-16,19,21-23,26-37,45,49-54H,4-14,17-18H2,1-3H3,(H2,40,55)(H,41,46)(H,42,47)(H,43,48,56)/t21-,22+,23+,26+,27-,28+,29+,30+,31-,32-,33+,34+,35+,36+,37+/m0/s1. The zero-order valence-corrected chi connectivity index (χ0v) is 34.8. The fourth-order valence-corrected chi connectivity index (χ4v) is 7.93. The average Bonchev–Trinajstić information content (AvgIpc) is 3.48. The summed E-state index contributed by atoms with van der Waals surface area (Å²) in [6.45, 7) is 4.76. The van der Waals surface area contributed by atoms with E-state index in [1.165, 1.54) is 25.7 Å². The van der Waals surface area contributed by atoms with Gasteiger partial charge in [0.1, 0.15) is 67.0 Å². The second-order valence-corrected chi connectivity index (χ2v) is 16.5. The molecule has 61 heavy (non-hydrogen) atoms. The van der Waals surface area contributed by atoms with Crippen LogP contribution in [0.25, 0.3) is 0 Å². The number of rotatable bonds is 22. The molecule has 4 heterocycles. The molecule has 12 N–H and O–H groups in total. The average molecular weight is 876 g/mol. The van der Waals surface area contributed by atoms with Gasteiger partial charge in [-0.1, -0.05) is 71.6 Å². The maximum absolute atomic E-state index is 13.3. The molecule has 1 aromatic heterocycles. The highest BCUT2D eigenvalue weighted by atomic mass is 16.8. The van der Waals surface area contributed by atoms with Crippen LogP contribution < -0.4 is 27.6 Å². The Hall–Kier alpha value is -3.55. The second kappa shape index (κ2) is 23.8. The van der Waals surface area contributed by atoms with Crippen LogP contribution in [0, 0.1) is 5.92 Å². The number of carbonyl (C=O) groups is 3. The maximum Gasteiger partial charge on any atom is 0.404 e. The summed E-state index contributed by atoms with van der Waals surface area (Å²) in [7, 11) is 0. The van der Waals surface area contributed by atoms with Crippen LogP contribution in [0.4, 0.5) is 4.79 Å². The number of aliphatic hydroxyl groups excluding tert-OH is 7. The number of nitrogens with two attached hydrogens (primary N) is 1. The first kappa shape index (κ1) is 50.1. The number of aromatic amines is 1. The van der Waals surface area contributed by atoms with E-state index in [2.05, 4.69) is 24.5 Å². The molecule has 0 saturated carbocycles. The van der Waals surface area contributed by atoms with Crippen molar-refractivity contribution < 1.29 is 73.8 Å². The van der Waals surface area contributed by atoms with Crippen LogP contribution in [0.15, 0.2) is 21.9 Å². The second-order valence-electron chi connectivity index (χ2n) is 16.5. The van der Waals surface area contributed by atoms with Gasteiger partial charge in [-0.25, -0.2) is 9.59 Å². The highest BCUT2D eigenvalue weighted by molar-refractivity contribution is 5.76. The molecule has 3 saturated heterocycles. The lowest BCUT2D eigenvalue weighted by Gasteiger charge is -2.47. The highest BCUT2D eigenvalue weighted by Crippen LogP contribution is 2.35. The maximum atomic E-state index is 13.3. The molecule has 0 aromatic carbocycles. The normalized spacial score (nSPS) is 33.3. The molecular formula is C39H65N5O17. The Kier molecular flexibility index (Phi) is 19.5. The number of aromatic nitrogens is 2. The fraction of sp³-hybridized carbons (Fsp3) is 0.821. The summed E-state index contributed by atoms with van der Waals surface area (Å²) >= 11 is 0. The van der Waals surface area contributed by atoms with Gasteiger partial charge in [0.2, 0.25) is 11.8 Å². The number of hydrogen-bond acceptors (Lipinski definition) is 17. The van der Waals surface area contributed by atoms with Crippen LogP contribution in [0.1, 0.15) is 104 Å².